The molecule has 0 fully saturated rings. The molecule has 2 heteroatoms. The first-order valence-electron chi connectivity index (χ1n) is 11.2. The second-order valence-electron chi connectivity index (χ2n) is 8.14. The molecule has 0 heterocycles. The molecule has 0 spiro atoms. The molecule has 4 rings (SSSR count). The van der Waals surface area contributed by atoms with E-state index in [4.69, 9.17) is 10.5 Å². The highest BCUT2D eigenvalue weighted by atomic mass is 14.2. The molecule has 0 amide bonds. The zero-order chi connectivity index (χ0) is 23.6. The summed E-state index contributed by atoms with van der Waals surface area (Å²) in [5.74, 6) is 0.588. The highest BCUT2D eigenvalue weighted by Crippen LogP contribution is 2.26. The maximum Gasteiger partial charge on any atom is 0.0998 e. The minimum atomic E-state index is 0.588. The lowest BCUT2D eigenvalue weighted by Gasteiger charge is -2.10. The first kappa shape index (κ1) is 23.5. The topological polar surface area (TPSA) is 47.6 Å². The first-order chi connectivity index (χ1) is 16.0. The first-order valence-corrected chi connectivity index (χ1v) is 11.2. The number of benzene rings is 4. The van der Waals surface area contributed by atoms with E-state index in [2.05, 4.69) is 81.4 Å². The molecule has 33 heavy (non-hydrogen) atoms. The van der Waals surface area contributed by atoms with E-state index in [-0.39, 0.29) is 0 Å². The molecule has 0 N–H and O–H groups in total. The third-order valence-electron chi connectivity index (χ3n) is 5.85. The SMILES string of the molecule is CCC(C)c1ccc(-c2ccccc2C#N)cc1.Cc1ccc(-c2ccc(C#N)cc2)cc1. The van der Waals surface area contributed by atoms with Crippen LogP contribution in [0.2, 0.25) is 0 Å². The number of aryl methyl sites for hydroxylation is 1. The number of rotatable bonds is 4. The Labute approximate surface area is 197 Å². The largest absolute Gasteiger partial charge is 0.192 e. The van der Waals surface area contributed by atoms with Gasteiger partial charge in [0.25, 0.3) is 0 Å². The van der Waals surface area contributed by atoms with Crippen molar-refractivity contribution >= 4 is 0 Å². The lowest BCUT2D eigenvalue weighted by molar-refractivity contribution is 0.734. The molecule has 0 bridgehead atoms. The van der Waals surface area contributed by atoms with Gasteiger partial charge in [-0.05, 0) is 65.3 Å². The lowest BCUT2D eigenvalue weighted by Crippen LogP contribution is -1.91. The van der Waals surface area contributed by atoms with E-state index in [1.54, 1.807) is 0 Å². The van der Waals surface area contributed by atoms with Crippen LogP contribution in [-0.2, 0) is 0 Å². The van der Waals surface area contributed by atoms with Crippen molar-refractivity contribution < 1.29 is 0 Å². The lowest BCUT2D eigenvalue weighted by atomic mass is 9.94. The van der Waals surface area contributed by atoms with Gasteiger partial charge in [-0.2, -0.15) is 10.5 Å². The fraction of sp³-hybridized carbons (Fsp3) is 0.161. The van der Waals surface area contributed by atoms with Crippen LogP contribution < -0.4 is 0 Å². The molecule has 1 unspecified atom stereocenters. The van der Waals surface area contributed by atoms with Gasteiger partial charge in [0.2, 0.25) is 0 Å². The maximum atomic E-state index is 9.11. The minimum absolute atomic E-state index is 0.588. The van der Waals surface area contributed by atoms with Gasteiger partial charge in [0.15, 0.2) is 0 Å². The molecule has 0 aliphatic rings. The predicted molar refractivity (Wildman–Crippen MR) is 137 cm³/mol. The zero-order valence-electron chi connectivity index (χ0n) is 19.4. The third kappa shape index (κ3) is 6.19. The van der Waals surface area contributed by atoms with Crippen molar-refractivity contribution in [1.29, 1.82) is 10.5 Å². The van der Waals surface area contributed by atoms with Crippen LogP contribution in [0.3, 0.4) is 0 Å². The molecule has 1 atom stereocenters. The van der Waals surface area contributed by atoms with Gasteiger partial charge < -0.3 is 0 Å². The Bertz CT molecular complexity index is 1250. The van der Waals surface area contributed by atoms with Gasteiger partial charge in [-0.15, -0.1) is 0 Å². The average Bonchev–Trinajstić information content (AvgIpc) is 2.89. The van der Waals surface area contributed by atoms with Crippen molar-refractivity contribution in [2.75, 3.05) is 0 Å². The molecule has 4 aromatic carbocycles. The Kier molecular flexibility index (Phi) is 8.18. The molecule has 0 saturated carbocycles. The highest BCUT2D eigenvalue weighted by Gasteiger charge is 2.06. The van der Waals surface area contributed by atoms with Crippen molar-refractivity contribution in [2.24, 2.45) is 0 Å². The zero-order valence-corrected chi connectivity index (χ0v) is 19.4. The molecule has 4 aromatic rings. The van der Waals surface area contributed by atoms with Crippen molar-refractivity contribution in [2.45, 2.75) is 33.1 Å². The molecule has 2 nitrogen and oxygen atoms in total. The Balaban J connectivity index is 0.000000189. The van der Waals surface area contributed by atoms with Gasteiger partial charge >= 0.3 is 0 Å². The van der Waals surface area contributed by atoms with Crippen LogP contribution in [0, 0.1) is 29.6 Å². The van der Waals surface area contributed by atoms with E-state index in [1.807, 2.05) is 48.5 Å². The summed E-state index contributed by atoms with van der Waals surface area (Å²) in [5, 5.41) is 17.8. The molecule has 0 aromatic heterocycles. The number of hydrogen-bond donors (Lipinski definition) is 0. The van der Waals surface area contributed by atoms with Crippen LogP contribution in [0.1, 0.15) is 48.4 Å². The van der Waals surface area contributed by atoms with Gasteiger partial charge in [-0.25, -0.2) is 0 Å². The van der Waals surface area contributed by atoms with Crippen molar-refractivity contribution in [3.8, 4) is 34.4 Å². The van der Waals surface area contributed by atoms with Crippen LogP contribution in [0.4, 0.5) is 0 Å². The summed E-state index contributed by atoms with van der Waals surface area (Å²) in [6.45, 7) is 6.50. The van der Waals surface area contributed by atoms with Crippen LogP contribution in [0.15, 0.2) is 97.1 Å². The summed E-state index contributed by atoms with van der Waals surface area (Å²) in [6, 6.07) is 36.6. The summed E-state index contributed by atoms with van der Waals surface area (Å²) >= 11 is 0. The second kappa shape index (κ2) is 11.5. The summed E-state index contributed by atoms with van der Waals surface area (Å²) in [6.07, 6.45) is 1.15. The van der Waals surface area contributed by atoms with E-state index < -0.39 is 0 Å². The molecule has 0 radical (unpaired) electrons. The summed E-state index contributed by atoms with van der Waals surface area (Å²) in [7, 11) is 0. The van der Waals surface area contributed by atoms with E-state index in [9.17, 15) is 0 Å². The summed E-state index contributed by atoms with van der Waals surface area (Å²) in [4.78, 5) is 0. The van der Waals surface area contributed by atoms with Crippen LogP contribution in [0.25, 0.3) is 22.3 Å². The maximum absolute atomic E-state index is 9.11. The number of hydrogen-bond acceptors (Lipinski definition) is 2. The van der Waals surface area contributed by atoms with E-state index in [1.165, 1.54) is 16.7 Å². The normalized spacial score (nSPS) is 10.8. The van der Waals surface area contributed by atoms with Crippen molar-refractivity contribution in [3.63, 3.8) is 0 Å². The van der Waals surface area contributed by atoms with Gasteiger partial charge in [0, 0.05) is 0 Å². The second-order valence-corrected chi connectivity index (χ2v) is 8.14. The molecule has 0 aliphatic heterocycles. The fourth-order valence-electron chi connectivity index (χ4n) is 3.54. The number of nitrogens with zero attached hydrogens (tertiary/aromatic N) is 2. The van der Waals surface area contributed by atoms with Crippen LogP contribution in [-0.4, -0.2) is 0 Å². The Morgan fingerprint density at radius 2 is 1.21 bits per heavy atom. The molecular formula is C31H28N2. The van der Waals surface area contributed by atoms with Crippen molar-refractivity contribution in [1.82, 2.24) is 0 Å². The minimum Gasteiger partial charge on any atom is -0.192 e. The van der Waals surface area contributed by atoms with Gasteiger partial charge in [-0.3, -0.25) is 0 Å². The number of nitriles is 2. The van der Waals surface area contributed by atoms with Crippen LogP contribution in [0.5, 0.6) is 0 Å². The van der Waals surface area contributed by atoms with E-state index >= 15 is 0 Å². The quantitative estimate of drug-likeness (QED) is 0.328. The van der Waals surface area contributed by atoms with Gasteiger partial charge in [0.1, 0.15) is 0 Å². The van der Waals surface area contributed by atoms with E-state index in [0.29, 0.717) is 11.5 Å². The Morgan fingerprint density at radius 1 is 0.667 bits per heavy atom. The van der Waals surface area contributed by atoms with E-state index in [0.717, 1.165) is 28.7 Å². The highest BCUT2D eigenvalue weighted by molar-refractivity contribution is 5.70. The van der Waals surface area contributed by atoms with Gasteiger partial charge in [-0.1, -0.05) is 98.3 Å². The summed E-state index contributed by atoms with van der Waals surface area (Å²) < 4.78 is 0. The monoisotopic (exact) mass is 428 g/mol. The Hall–Kier alpha value is -4.14. The smallest absolute Gasteiger partial charge is 0.0998 e. The van der Waals surface area contributed by atoms with Crippen molar-refractivity contribution in [3.05, 3.63) is 119 Å². The average molecular weight is 429 g/mol. The van der Waals surface area contributed by atoms with Gasteiger partial charge in [0.05, 0.1) is 23.3 Å². The molecular weight excluding hydrogens is 400 g/mol. The third-order valence-corrected chi connectivity index (χ3v) is 5.85. The standard InChI is InChI=1S/C17H17N.C14H11N/c1-3-13(2)14-8-10-15(11-9-14)17-7-5-4-6-16(17)12-18;1-11-2-6-13(7-3-11)14-8-4-12(10-15)5-9-14/h4-11,13H,3H2,1-2H3;2-9H,1H3. The summed E-state index contributed by atoms with van der Waals surface area (Å²) in [5.41, 5.74) is 8.50. The molecule has 0 aliphatic carbocycles. The molecule has 0 saturated heterocycles. The predicted octanol–water partition coefficient (Wildman–Crippen LogP) is 8.27. The fourth-order valence-corrected chi connectivity index (χ4v) is 3.54. The van der Waals surface area contributed by atoms with Crippen LogP contribution >= 0.6 is 0 Å². The Morgan fingerprint density at radius 3 is 1.76 bits per heavy atom. The molecule has 162 valence electrons.